The molecule has 0 heterocycles. The predicted octanol–water partition coefficient (Wildman–Crippen LogP) is 5.96. The molecule has 0 unspecified atom stereocenters. The van der Waals surface area contributed by atoms with Gasteiger partial charge in [-0.2, -0.15) is 0 Å². The van der Waals surface area contributed by atoms with Gasteiger partial charge in [-0.25, -0.2) is 0 Å². The summed E-state index contributed by atoms with van der Waals surface area (Å²) >= 11 is 0. The molecule has 0 atom stereocenters. The second-order valence-electron chi connectivity index (χ2n) is 7.79. The Labute approximate surface area is 125 Å². The van der Waals surface area contributed by atoms with Crippen LogP contribution in [0.2, 0.25) is 0 Å². The molecule has 0 fully saturated rings. The SMILES string of the molecule is CC(C)CC(C)(C)c1cc(C(C)C)c(O)c(C(C)C)c1. The van der Waals surface area contributed by atoms with E-state index in [0.717, 1.165) is 17.5 Å². The molecule has 114 valence electrons. The third kappa shape index (κ3) is 3.77. The molecule has 1 aromatic rings. The Hall–Kier alpha value is -0.980. The summed E-state index contributed by atoms with van der Waals surface area (Å²) in [7, 11) is 0. The van der Waals surface area contributed by atoms with Gasteiger partial charge in [-0.1, -0.05) is 67.5 Å². The van der Waals surface area contributed by atoms with Gasteiger partial charge < -0.3 is 5.11 Å². The molecule has 0 aliphatic heterocycles. The second-order valence-corrected chi connectivity index (χ2v) is 7.79. The molecule has 0 spiro atoms. The van der Waals surface area contributed by atoms with Gasteiger partial charge in [0, 0.05) is 0 Å². The highest BCUT2D eigenvalue weighted by Crippen LogP contribution is 2.39. The van der Waals surface area contributed by atoms with Gasteiger partial charge >= 0.3 is 0 Å². The van der Waals surface area contributed by atoms with Crippen LogP contribution in [0, 0.1) is 5.92 Å². The first-order chi connectivity index (χ1) is 9.06. The van der Waals surface area contributed by atoms with Crippen molar-refractivity contribution in [1.82, 2.24) is 0 Å². The van der Waals surface area contributed by atoms with Crippen molar-refractivity contribution in [3.8, 4) is 5.75 Å². The van der Waals surface area contributed by atoms with Gasteiger partial charge in [-0.3, -0.25) is 0 Å². The van der Waals surface area contributed by atoms with Crippen LogP contribution in [0.25, 0.3) is 0 Å². The third-order valence-corrected chi connectivity index (χ3v) is 4.11. The van der Waals surface area contributed by atoms with Crippen LogP contribution in [-0.4, -0.2) is 5.11 Å². The molecule has 20 heavy (non-hydrogen) atoms. The van der Waals surface area contributed by atoms with Crippen molar-refractivity contribution in [1.29, 1.82) is 0 Å². The fourth-order valence-electron chi connectivity index (χ4n) is 3.09. The topological polar surface area (TPSA) is 20.2 Å². The van der Waals surface area contributed by atoms with Crippen LogP contribution < -0.4 is 0 Å². The Morgan fingerprint density at radius 2 is 1.30 bits per heavy atom. The molecule has 0 aliphatic carbocycles. The van der Waals surface area contributed by atoms with E-state index in [-0.39, 0.29) is 5.41 Å². The third-order valence-electron chi connectivity index (χ3n) is 4.11. The Bertz CT molecular complexity index is 424. The summed E-state index contributed by atoms with van der Waals surface area (Å²) in [6.07, 6.45) is 1.16. The van der Waals surface area contributed by atoms with Gasteiger partial charge in [0.1, 0.15) is 5.75 Å². The van der Waals surface area contributed by atoms with Crippen LogP contribution in [0.5, 0.6) is 5.75 Å². The van der Waals surface area contributed by atoms with E-state index in [2.05, 4.69) is 67.5 Å². The lowest BCUT2D eigenvalue weighted by Gasteiger charge is -2.30. The normalized spacial score (nSPS) is 12.8. The minimum atomic E-state index is 0.148. The largest absolute Gasteiger partial charge is 0.507 e. The minimum Gasteiger partial charge on any atom is -0.507 e. The molecule has 0 saturated heterocycles. The number of phenols is 1. The van der Waals surface area contributed by atoms with Crippen molar-refractivity contribution in [2.75, 3.05) is 0 Å². The highest BCUT2D eigenvalue weighted by atomic mass is 16.3. The Balaban J connectivity index is 3.41. The van der Waals surface area contributed by atoms with Gasteiger partial charge in [-0.15, -0.1) is 0 Å². The first kappa shape index (κ1) is 17.1. The Morgan fingerprint density at radius 3 is 1.60 bits per heavy atom. The second kappa shape index (κ2) is 6.20. The number of hydrogen-bond acceptors (Lipinski definition) is 1. The highest BCUT2D eigenvalue weighted by Gasteiger charge is 2.25. The van der Waals surface area contributed by atoms with Crippen LogP contribution in [0.4, 0.5) is 0 Å². The average Bonchev–Trinajstić information content (AvgIpc) is 2.26. The van der Waals surface area contributed by atoms with Gasteiger partial charge in [0.05, 0.1) is 0 Å². The van der Waals surface area contributed by atoms with Crippen molar-refractivity contribution in [2.24, 2.45) is 5.92 Å². The maximum atomic E-state index is 10.5. The predicted molar refractivity (Wildman–Crippen MR) is 88.8 cm³/mol. The van der Waals surface area contributed by atoms with Crippen molar-refractivity contribution in [3.63, 3.8) is 0 Å². The van der Waals surface area contributed by atoms with Gasteiger partial charge in [-0.05, 0) is 46.3 Å². The van der Waals surface area contributed by atoms with Crippen LogP contribution in [0.1, 0.15) is 90.3 Å². The van der Waals surface area contributed by atoms with E-state index < -0.39 is 0 Å². The quantitative estimate of drug-likeness (QED) is 0.703. The lowest BCUT2D eigenvalue weighted by molar-refractivity contribution is 0.396. The van der Waals surface area contributed by atoms with E-state index in [1.807, 2.05) is 0 Å². The molecule has 0 aliphatic rings. The van der Waals surface area contributed by atoms with E-state index in [1.165, 1.54) is 5.56 Å². The molecule has 0 saturated carbocycles. The van der Waals surface area contributed by atoms with Crippen molar-refractivity contribution >= 4 is 0 Å². The Kier molecular flexibility index (Phi) is 5.29. The number of benzene rings is 1. The molecule has 1 heteroatoms. The summed E-state index contributed by atoms with van der Waals surface area (Å²) in [6, 6.07) is 4.43. The number of hydrogen-bond donors (Lipinski definition) is 1. The van der Waals surface area contributed by atoms with E-state index >= 15 is 0 Å². The molecule has 0 radical (unpaired) electrons. The fourth-order valence-corrected chi connectivity index (χ4v) is 3.09. The molecule has 0 aromatic heterocycles. The molecule has 0 bridgehead atoms. The molecular formula is C19H32O. The summed E-state index contributed by atoms with van der Waals surface area (Å²) in [6.45, 7) is 17.8. The van der Waals surface area contributed by atoms with E-state index in [9.17, 15) is 5.11 Å². The van der Waals surface area contributed by atoms with E-state index in [0.29, 0.717) is 23.5 Å². The number of phenolic OH excluding ortho intramolecular Hbond substituents is 1. The van der Waals surface area contributed by atoms with Crippen LogP contribution in [0.3, 0.4) is 0 Å². The first-order valence-electron chi connectivity index (χ1n) is 7.93. The summed E-state index contributed by atoms with van der Waals surface area (Å²) in [5.74, 6) is 1.87. The molecule has 0 amide bonds. The van der Waals surface area contributed by atoms with Crippen molar-refractivity contribution in [2.45, 2.75) is 79.1 Å². The summed E-state index contributed by atoms with van der Waals surface area (Å²) in [5.41, 5.74) is 3.68. The minimum absolute atomic E-state index is 0.148. The van der Waals surface area contributed by atoms with E-state index in [4.69, 9.17) is 0 Å². The Morgan fingerprint density at radius 1 is 0.900 bits per heavy atom. The van der Waals surface area contributed by atoms with Gasteiger partial charge in [0.25, 0.3) is 0 Å². The lowest BCUT2D eigenvalue weighted by atomic mass is 9.75. The number of aromatic hydroxyl groups is 1. The summed E-state index contributed by atoms with van der Waals surface area (Å²) in [5, 5.41) is 10.5. The average molecular weight is 276 g/mol. The standard InChI is InChI=1S/C19H32O/c1-12(2)11-19(7,8)15-9-16(13(3)4)18(20)17(10-15)14(5)6/h9-10,12-14,20H,11H2,1-8H3. The van der Waals surface area contributed by atoms with Crippen LogP contribution in [0.15, 0.2) is 12.1 Å². The molecular weight excluding hydrogens is 244 g/mol. The summed E-state index contributed by atoms with van der Waals surface area (Å²) < 4.78 is 0. The number of rotatable bonds is 5. The molecule has 1 nitrogen and oxygen atoms in total. The van der Waals surface area contributed by atoms with Gasteiger partial charge in [0.2, 0.25) is 0 Å². The molecule has 1 aromatic carbocycles. The van der Waals surface area contributed by atoms with Gasteiger partial charge in [0.15, 0.2) is 0 Å². The lowest BCUT2D eigenvalue weighted by Crippen LogP contribution is -2.20. The van der Waals surface area contributed by atoms with Crippen LogP contribution >= 0.6 is 0 Å². The smallest absolute Gasteiger partial charge is 0.122 e. The summed E-state index contributed by atoms with van der Waals surface area (Å²) in [4.78, 5) is 0. The van der Waals surface area contributed by atoms with Crippen LogP contribution in [-0.2, 0) is 5.41 Å². The van der Waals surface area contributed by atoms with Crippen molar-refractivity contribution in [3.05, 3.63) is 28.8 Å². The maximum Gasteiger partial charge on any atom is 0.122 e. The first-order valence-corrected chi connectivity index (χ1v) is 7.93. The zero-order valence-corrected chi connectivity index (χ0v) is 14.5. The maximum absolute atomic E-state index is 10.5. The monoisotopic (exact) mass is 276 g/mol. The highest BCUT2D eigenvalue weighted by molar-refractivity contribution is 5.48. The molecule has 1 N–H and O–H groups in total. The zero-order chi connectivity index (χ0) is 15.7. The van der Waals surface area contributed by atoms with E-state index in [1.54, 1.807) is 0 Å². The fraction of sp³-hybridized carbons (Fsp3) is 0.684. The van der Waals surface area contributed by atoms with Crippen molar-refractivity contribution < 1.29 is 5.11 Å². The zero-order valence-electron chi connectivity index (χ0n) is 14.5. The molecule has 1 rings (SSSR count).